The molecule has 0 aromatic heterocycles. The zero-order valence-electron chi connectivity index (χ0n) is 20.7. The third kappa shape index (κ3) is 6.29. The van der Waals surface area contributed by atoms with Crippen molar-refractivity contribution in [2.45, 2.75) is 35.5 Å². The molecule has 12 heteroatoms. The molecule has 9 nitrogen and oxygen atoms in total. The molecule has 3 aromatic rings. The predicted molar refractivity (Wildman–Crippen MR) is 147 cm³/mol. The van der Waals surface area contributed by atoms with Crippen LogP contribution < -0.4 is 14.8 Å². The number of nitrogens with one attached hydrogen (secondary N) is 2. The molecule has 0 saturated carbocycles. The van der Waals surface area contributed by atoms with Crippen molar-refractivity contribution in [3.63, 3.8) is 0 Å². The van der Waals surface area contributed by atoms with E-state index < -0.39 is 26.0 Å². The number of nitrogens with zero attached hydrogens (tertiary/aromatic N) is 1. The molecular formula is C26H28ClN3O6S2. The quantitative estimate of drug-likeness (QED) is 0.390. The number of sulfonamides is 2. The molecule has 0 atom stereocenters. The fourth-order valence-corrected chi connectivity index (χ4v) is 6.97. The van der Waals surface area contributed by atoms with Gasteiger partial charge in [-0.25, -0.2) is 16.8 Å². The van der Waals surface area contributed by atoms with E-state index >= 15 is 0 Å². The number of carbonyl (C=O) groups is 1. The van der Waals surface area contributed by atoms with E-state index in [2.05, 4.69) is 10.0 Å². The highest BCUT2D eigenvalue weighted by Gasteiger charge is 2.25. The van der Waals surface area contributed by atoms with Gasteiger partial charge in [-0.2, -0.15) is 4.31 Å². The monoisotopic (exact) mass is 577 g/mol. The Balaban J connectivity index is 1.54. The lowest BCUT2D eigenvalue weighted by Crippen LogP contribution is -2.31. The maximum Gasteiger partial charge on any atom is 0.262 e. The van der Waals surface area contributed by atoms with E-state index in [9.17, 15) is 21.6 Å². The van der Waals surface area contributed by atoms with E-state index in [-0.39, 0.29) is 37.5 Å². The fourth-order valence-electron chi connectivity index (χ4n) is 4.10. The van der Waals surface area contributed by atoms with Crippen LogP contribution in [0.5, 0.6) is 5.75 Å². The second kappa shape index (κ2) is 11.7. The number of para-hydroxylation sites is 1. The molecule has 4 rings (SSSR count). The second-order valence-corrected chi connectivity index (χ2v) is 12.8. The summed E-state index contributed by atoms with van der Waals surface area (Å²) in [5.41, 5.74) is 0.538. The van der Waals surface area contributed by atoms with Gasteiger partial charge in [-0.1, -0.05) is 36.6 Å². The third-order valence-electron chi connectivity index (χ3n) is 6.17. The molecule has 3 aromatic carbocycles. The standard InChI is InChI=1S/C26H28ClN3O6S2/c1-36-25-15-14-21(37(32,33)29-23-9-5-4-8-22(23)27)18-24(25)28-26(31)19-10-12-20(13-11-19)38(34,35)30-16-6-2-3-7-17-30/h4-5,8-15,18,29H,2-3,6-7,16-17H2,1H3,(H,28,31). The lowest BCUT2D eigenvalue weighted by molar-refractivity contribution is 0.102. The van der Waals surface area contributed by atoms with Crippen molar-refractivity contribution in [2.75, 3.05) is 30.2 Å². The van der Waals surface area contributed by atoms with Crippen molar-refractivity contribution in [1.82, 2.24) is 4.31 Å². The van der Waals surface area contributed by atoms with Gasteiger partial charge >= 0.3 is 0 Å². The third-order valence-corrected chi connectivity index (χ3v) is 9.77. The number of ether oxygens (including phenoxy) is 1. The van der Waals surface area contributed by atoms with Gasteiger partial charge in [-0.05, 0) is 67.4 Å². The van der Waals surface area contributed by atoms with E-state index in [1.165, 1.54) is 59.9 Å². The Bertz CT molecular complexity index is 1520. The molecule has 0 spiro atoms. The largest absolute Gasteiger partial charge is 0.495 e. The van der Waals surface area contributed by atoms with Crippen molar-refractivity contribution >= 4 is 48.9 Å². The zero-order chi connectivity index (χ0) is 27.3. The van der Waals surface area contributed by atoms with Gasteiger partial charge in [0.1, 0.15) is 5.75 Å². The molecule has 2 N–H and O–H groups in total. The molecule has 0 aliphatic carbocycles. The summed E-state index contributed by atoms with van der Waals surface area (Å²) in [5.74, 6) is -0.314. The van der Waals surface area contributed by atoms with Crippen LogP contribution in [0.15, 0.2) is 76.5 Å². The summed E-state index contributed by atoms with van der Waals surface area (Å²) in [4.78, 5) is 13.0. The van der Waals surface area contributed by atoms with Crippen molar-refractivity contribution < 1.29 is 26.4 Å². The molecule has 1 aliphatic heterocycles. The van der Waals surface area contributed by atoms with Crippen LogP contribution in [0, 0.1) is 0 Å². The van der Waals surface area contributed by atoms with Gasteiger partial charge < -0.3 is 10.1 Å². The van der Waals surface area contributed by atoms with Crippen molar-refractivity contribution in [2.24, 2.45) is 0 Å². The first kappa shape index (κ1) is 27.9. The summed E-state index contributed by atoms with van der Waals surface area (Å²) in [5, 5.41) is 2.89. The van der Waals surface area contributed by atoms with Crippen LogP contribution >= 0.6 is 11.6 Å². The molecule has 1 heterocycles. The van der Waals surface area contributed by atoms with E-state index in [0.717, 1.165) is 25.7 Å². The number of rotatable bonds is 8. The minimum Gasteiger partial charge on any atom is -0.495 e. The van der Waals surface area contributed by atoms with Crippen LogP contribution in [-0.2, 0) is 20.0 Å². The van der Waals surface area contributed by atoms with Gasteiger partial charge in [0.25, 0.3) is 15.9 Å². The summed E-state index contributed by atoms with van der Waals surface area (Å²) in [6, 6.07) is 16.1. The number of methoxy groups -OCH3 is 1. The number of hydrogen-bond acceptors (Lipinski definition) is 6. The maximum absolute atomic E-state index is 13.0. The minimum atomic E-state index is -4.03. The Morgan fingerprint density at radius 1 is 0.842 bits per heavy atom. The lowest BCUT2D eigenvalue weighted by Gasteiger charge is -2.20. The number of carbonyl (C=O) groups excluding carboxylic acids is 1. The lowest BCUT2D eigenvalue weighted by atomic mass is 10.2. The summed E-state index contributed by atoms with van der Waals surface area (Å²) in [7, 11) is -6.29. The Kier molecular flexibility index (Phi) is 8.61. The topological polar surface area (TPSA) is 122 Å². The van der Waals surface area contributed by atoms with Gasteiger partial charge in [0.05, 0.1) is 33.3 Å². The van der Waals surface area contributed by atoms with E-state index in [1.807, 2.05) is 0 Å². The maximum atomic E-state index is 13.0. The number of anilines is 2. The number of hydrogen-bond donors (Lipinski definition) is 2. The first-order chi connectivity index (χ1) is 18.1. The number of amides is 1. The second-order valence-electron chi connectivity index (χ2n) is 8.74. The van der Waals surface area contributed by atoms with Crippen molar-refractivity contribution in [3.8, 4) is 5.75 Å². The Hall–Kier alpha value is -3.12. The summed E-state index contributed by atoms with van der Waals surface area (Å²) in [6.45, 7) is 0.962. The van der Waals surface area contributed by atoms with Crippen molar-refractivity contribution in [1.29, 1.82) is 0 Å². The van der Waals surface area contributed by atoms with E-state index in [4.69, 9.17) is 16.3 Å². The van der Waals surface area contributed by atoms with Gasteiger partial charge in [0.2, 0.25) is 10.0 Å². The minimum absolute atomic E-state index is 0.118. The molecule has 202 valence electrons. The van der Waals surface area contributed by atoms with Gasteiger partial charge in [0.15, 0.2) is 0 Å². The van der Waals surface area contributed by atoms with Gasteiger partial charge in [0, 0.05) is 18.7 Å². The molecule has 0 bridgehead atoms. The Morgan fingerprint density at radius 3 is 2.11 bits per heavy atom. The molecule has 1 fully saturated rings. The number of halogens is 1. The Labute approximate surface area is 227 Å². The normalized spacial score (nSPS) is 14.9. The van der Waals surface area contributed by atoms with Crippen LogP contribution in [0.25, 0.3) is 0 Å². The highest BCUT2D eigenvalue weighted by Crippen LogP contribution is 2.30. The summed E-state index contributed by atoms with van der Waals surface area (Å²) >= 11 is 6.08. The van der Waals surface area contributed by atoms with E-state index in [1.54, 1.807) is 18.2 Å². The molecular weight excluding hydrogens is 550 g/mol. The Morgan fingerprint density at radius 2 is 1.47 bits per heavy atom. The molecule has 1 amide bonds. The summed E-state index contributed by atoms with van der Waals surface area (Å²) < 4.78 is 61.2. The number of benzene rings is 3. The first-order valence-corrected chi connectivity index (χ1v) is 15.3. The SMILES string of the molecule is COc1ccc(S(=O)(=O)Nc2ccccc2Cl)cc1NC(=O)c1ccc(S(=O)(=O)N2CCCCCC2)cc1. The highest BCUT2D eigenvalue weighted by molar-refractivity contribution is 7.92. The van der Waals surface area contributed by atoms with Crippen LogP contribution in [-0.4, -0.2) is 47.2 Å². The van der Waals surface area contributed by atoms with Gasteiger partial charge in [-0.15, -0.1) is 0 Å². The average molecular weight is 578 g/mol. The zero-order valence-corrected chi connectivity index (χ0v) is 23.1. The predicted octanol–water partition coefficient (Wildman–Crippen LogP) is 4.97. The van der Waals surface area contributed by atoms with E-state index in [0.29, 0.717) is 13.1 Å². The molecule has 0 radical (unpaired) electrons. The summed E-state index contributed by atoms with van der Waals surface area (Å²) in [6.07, 6.45) is 3.66. The average Bonchev–Trinajstić information content (AvgIpc) is 3.20. The molecule has 38 heavy (non-hydrogen) atoms. The van der Waals surface area contributed by atoms with Crippen molar-refractivity contribution in [3.05, 3.63) is 77.3 Å². The molecule has 1 aliphatic rings. The van der Waals surface area contributed by atoms with Gasteiger partial charge in [-0.3, -0.25) is 9.52 Å². The fraction of sp³-hybridized carbons (Fsp3) is 0.269. The molecule has 1 saturated heterocycles. The first-order valence-electron chi connectivity index (χ1n) is 12.0. The van der Waals surface area contributed by atoms with Crippen LogP contribution in [0.3, 0.4) is 0 Å². The van der Waals surface area contributed by atoms with Crippen LogP contribution in [0.1, 0.15) is 36.0 Å². The molecule has 0 unspecified atom stereocenters. The smallest absolute Gasteiger partial charge is 0.262 e. The highest BCUT2D eigenvalue weighted by atomic mass is 35.5. The van der Waals surface area contributed by atoms with Crippen LogP contribution in [0.2, 0.25) is 5.02 Å². The van der Waals surface area contributed by atoms with Crippen LogP contribution in [0.4, 0.5) is 11.4 Å².